The number of anilines is 1. The molecule has 1 aromatic heterocycles. The fourth-order valence-corrected chi connectivity index (χ4v) is 1.84. The van der Waals surface area contributed by atoms with Crippen molar-refractivity contribution in [1.29, 1.82) is 0 Å². The predicted octanol–water partition coefficient (Wildman–Crippen LogP) is 2.92. The molecule has 0 aliphatic carbocycles. The summed E-state index contributed by atoms with van der Waals surface area (Å²) in [6.07, 6.45) is 3.10. The van der Waals surface area contributed by atoms with Crippen LogP contribution in [-0.4, -0.2) is 22.9 Å². The van der Waals surface area contributed by atoms with Gasteiger partial charge in [-0.2, -0.15) is 0 Å². The average molecular weight is 292 g/mol. The maximum absolute atomic E-state index is 12.3. The third kappa shape index (κ3) is 2.75. The van der Waals surface area contributed by atoms with E-state index in [1.54, 1.807) is 25.4 Å². The van der Waals surface area contributed by atoms with Crippen molar-refractivity contribution in [1.82, 2.24) is 4.98 Å². The highest BCUT2D eigenvalue weighted by Gasteiger charge is 2.20. The molecule has 0 atom stereocenters. The normalized spacial score (nSPS) is 10.1. The Balaban J connectivity index is 2.38. The van der Waals surface area contributed by atoms with Crippen molar-refractivity contribution in [2.24, 2.45) is 0 Å². The number of hydrogen-bond donors (Lipinski definition) is 0. The third-order valence-electron chi connectivity index (χ3n) is 2.73. The second-order valence-electron chi connectivity index (χ2n) is 4.00. The van der Waals surface area contributed by atoms with Gasteiger partial charge < -0.3 is 4.90 Å². The number of nitro benzene ring substituents is 1. The second kappa shape index (κ2) is 5.66. The van der Waals surface area contributed by atoms with Crippen LogP contribution < -0.4 is 4.90 Å². The zero-order chi connectivity index (χ0) is 14.7. The highest BCUT2D eigenvalue weighted by molar-refractivity contribution is 6.34. The molecule has 6 nitrogen and oxygen atoms in total. The number of hydrogen-bond acceptors (Lipinski definition) is 4. The van der Waals surface area contributed by atoms with Crippen LogP contribution in [0.15, 0.2) is 42.7 Å². The van der Waals surface area contributed by atoms with E-state index in [4.69, 9.17) is 11.6 Å². The smallest absolute Gasteiger partial charge is 0.270 e. The van der Waals surface area contributed by atoms with Crippen LogP contribution in [0.3, 0.4) is 0 Å². The number of amides is 1. The SMILES string of the molecule is CN(C(=O)c1cc([N+](=O)[O-])ccc1Cl)c1cccnc1. The van der Waals surface area contributed by atoms with Gasteiger partial charge in [0.1, 0.15) is 0 Å². The van der Waals surface area contributed by atoms with Crippen molar-refractivity contribution in [3.05, 3.63) is 63.4 Å². The van der Waals surface area contributed by atoms with Gasteiger partial charge in [-0.15, -0.1) is 0 Å². The van der Waals surface area contributed by atoms with Crippen LogP contribution in [0.2, 0.25) is 5.02 Å². The van der Waals surface area contributed by atoms with Crippen LogP contribution in [0.25, 0.3) is 0 Å². The largest absolute Gasteiger partial charge is 0.310 e. The van der Waals surface area contributed by atoms with Crippen LogP contribution in [0.5, 0.6) is 0 Å². The molecule has 0 N–H and O–H groups in total. The van der Waals surface area contributed by atoms with Gasteiger partial charge in [0.25, 0.3) is 11.6 Å². The minimum Gasteiger partial charge on any atom is -0.310 e. The highest BCUT2D eigenvalue weighted by Crippen LogP contribution is 2.24. The topological polar surface area (TPSA) is 76.3 Å². The molecular formula is C13H10ClN3O3. The lowest BCUT2D eigenvalue weighted by molar-refractivity contribution is -0.384. The standard InChI is InChI=1S/C13H10ClN3O3/c1-16(10-3-2-6-15-8-10)13(18)11-7-9(17(19)20)4-5-12(11)14/h2-8H,1H3. The molecule has 0 radical (unpaired) electrons. The maximum atomic E-state index is 12.3. The van der Waals surface area contributed by atoms with Crippen molar-refractivity contribution in [3.63, 3.8) is 0 Å². The summed E-state index contributed by atoms with van der Waals surface area (Å²) in [7, 11) is 1.55. The molecule has 1 heterocycles. The first-order chi connectivity index (χ1) is 9.50. The van der Waals surface area contributed by atoms with Gasteiger partial charge in [0.15, 0.2) is 0 Å². The lowest BCUT2D eigenvalue weighted by atomic mass is 10.1. The minimum atomic E-state index is -0.572. The highest BCUT2D eigenvalue weighted by atomic mass is 35.5. The molecular weight excluding hydrogens is 282 g/mol. The van der Waals surface area contributed by atoms with E-state index in [-0.39, 0.29) is 16.3 Å². The van der Waals surface area contributed by atoms with Gasteiger partial charge >= 0.3 is 0 Å². The monoisotopic (exact) mass is 291 g/mol. The zero-order valence-electron chi connectivity index (χ0n) is 10.5. The van der Waals surface area contributed by atoms with Crippen LogP contribution >= 0.6 is 11.6 Å². The van der Waals surface area contributed by atoms with E-state index in [2.05, 4.69) is 4.98 Å². The lowest BCUT2D eigenvalue weighted by Gasteiger charge is -2.17. The first-order valence-electron chi connectivity index (χ1n) is 5.62. The average Bonchev–Trinajstić information content (AvgIpc) is 2.47. The fraction of sp³-hybridized carbons (Fsp3) is 0.0769. The number of benzene rings is 1. The molecule has 0 saturated heterocycles. The molecule has 1 aromatic carbocycles. The summed E-state index contributed by atoms with van der Waals surface area (Å²) in [5, 5.41) is 10.9. The van der Waals surface area contributed by atoms with Gasteiger partial charge in [-0.05, 0) is 18.2 Å². The molecule has 0 unspecified atom stereocenters. The maximum Gasteiger partial charge on any atom is 0.270 e. The molecule has 1 amide bonds. The fourth-order valence-electron chi connectivity index (χ4n) is 1.64. The van der Waals surface area contributed by atoms with Gasteiger partial charge in [0.05, 0.1) is 27.4 Å². The number of nitrogens with zero attached hydrogens (tertiary/aromatic N) is 3. The summed E-state index contributed by atoms with van der Waals surface area (Å²) in [5.41, 5.74) is 0.463. The quantitative estimate of drug-likeness (QED) is 0.643. The molecule has 0 aliphatic rings. The molecule has 0 fully saturated rings. The van der Waals surface area contributed by atoms with Crippen molar-refractivity contribution in [2.75, 3.05) is 11.9 Å². The van der Waals surface area contributed by atoms with E-state index in [0.717, 1.165) is 6.07 Å². The number of rotatable bonds is 3. The molecule has 0 spiro atoms. The first kappa shape index (κ1) is 14.0. The first-order valence-corrected chi connectivity index (χ1v) is 6.00. The van der Waals surface area contributed by atoms with Crippen LogP contribution in [0, 0.1) is 10.1 Å². The Labute approximate surface area is 119 Å². The summed E-state index contributed by atoms with van der Waals surface area (Å²) >= 11 is 5.94. The second-order valence-corrected chi connectivity index (χ2v) is 4.40. The number of pyridine rings is 1. The molecule has 20 heavy (non-hydrogen) atoms. The van der Waals surface area contributed by atoms with Gasteiger partial charge in [-0.1, -0.05) is 11.6 Å². The number of halogens is 1. The lowest BCUT2D eigenvalue weighted by Crippen LogP contribution is -2.26. The Bertz CT molecular complexity index is 661. The van der Waals surface area contributed by atoms with E-state index in [9.17, 15) is 14.9 Å². The van der Waals surface area contributed by atoms with Crippen molar-refractivity contribution < 1.29 is 9.72 Å². The Morgan fingerprint density at radius 2 is 2.15 bits per heavy atom. The van der Waals surface area contributed by atoms with Crippen molar-refractivity contribution in [2.45, 2.75) is 0 Å². The van der Waals surface area contributed by atoms with E-state index in [1.807, 2.05) is 0 Å². The molecule has 0 aliphatic heterocycles. The van der Waals surface area contributed by atoms with Crippen molar-refractivity contribution in [3.8, 4) is 0 Å². The predicted molar refractivity (Wildman–Crippen MR) is 75.1 cm³/mol. The Morgan fingerprint density at radius 3 is 2.75 bits per heavy atom. The Morgan fingerprint density at radius 1 is 1.40 bits per heavy atom. The number of non-ortho nitro benzene ring substituents is 1. The number of carbonyl (C=O) groups excluding carboxylic acids is 1. The molecule has 2 aromatic rings. The number of aromatic nitrogens is 1. The van der Waals surface area contributed by atoms with E-state index in [0.29, 0.717) is 5.69 Å². The van der Waals surface area contributed by atoms with Gasteiger partial charge in [0.2, 0.25) is 0 Å². The van der Waals surface area contributed by atoms with E-state index < -0.39 is 10.8 Å². The van der Waals surface area contributed by atoms with Crippen molar-refractivity contribution >= 4 is 28.9 Å². The zero-order valence-corrected chi connectivity index (χ0v) is 11.2. The number of nitro groups is 1. The third-order valence-corrected chi connectivity index (χ3v) is 3.06. The molecule has 2 rings (SSSR count). The van der Waals surface area contributed by atoms with Gasteiger partial charge in [-0.25, -0.2) is 0 Å². The summed E-state index contributed by atoms with van der Waals surface area (Å²) in [4.78, 5) is 27.8. The summed E-state index contributed by atoms with van der Waals surface area (Å²) in [6, 6.07) is 7.15. The minimum absolute atomic E-state index is 0.0761. The van der Waals surface area contributed by atoms with E-state index in [1.165, 1.54) is 23.2 Å². The Kier molecular flexibility index (Phi) is 3.95. The summed E-state index contributed by atoms with van der Waals surface area (Å²) < 4.78 is 0. The molecule has 0 saturated carbocycles. The molecule has 0 bridgehead atoms. The summed E-state index contributed by atoms with van der Waals surface area (Å²) in [6.45, 7) is 0. The Hall–Kier alpha value is -2.47. The van der Waals surface area contributed by atoms with E-state index >= 15 is 0 Å². The van der Waals surface area contributed by atoms with Crippen LogP contribution in [-0.2, 0) is 0 Å². The summed E-state index contributed by atoms with van der Waals surface area (Å²) in [5.74, 6) is -0.438. The van der Waals surface area contributed by atoms with Crippen LogP contribution in [0.1, 0.15) is 10.4 Å². The molecule has 102 valence electrons. The molecule has 7 heteroatoms. The van der Waals surface area contributed by atoms with Gasteiger partial charge in [0, 0.05) is 25.4 Å². The van der Waals surface area contributed by atoms with Gasteiger partial charge in [-0.3, -0.25) is 19.9 Å². The number of carbonyl (C=O) groups is 1. The van der Waals surface area contributed by atoms with Crippen LogP contribution in [0.4, 0.5) is 11.4 Å².